The standard InChI is InChI=1S/C17H22N2O2/c1-7-13-10(2)8-9-14(16(13)21-6)15-17(20)19(5)12(4)11(3)18-15/h8-9H,7H2,1-6H3. The second-order valence-corrected chi connectivity index (χ2v) is 5.29. The van der Waals surface area contributed by atoms with Gasteiger partial charge in [-0.2, -0.15) is 0 Å². The van der Waals surface area contributed by atoms with Crippen LogP contribution >= 0.6 is 0 Å². The van der Waals surface area contributed by atoms with Crippen molar-refractivity contribution in [3.63, 3.8) is 0 Å². The molecule has 0 aliphatic carbocycles. The van der Waals surface area contributed by atoms with Gasteiger partial charge in [0.2, 0.25) is 0 Å². The Morgan fingerprint density at radius 3 is 2.48 bits per heavy atom. The molecular formula is C17H22N2O2. The topological polar surface area (TPSA) is 44.1 Å². The lowest BCUT2D eigenvalue weighted by Crippen LogP contribution is -2.24. The monoisotopic (exact) mass is 286 g/mol. The Hall–Kier alpha value is -2.10. The average Bonchev–Trinajstić information content (AvgIpc) is 2.48. The van der Waals surface area contributed by atoms with E-state index in [-0.39, 0.29) is 5.56 Å². The Kier molecular flexibility index (Phi) is 4.16. The zero-order valence-electron chi connectivity index (χ0n) is 13.6. The van der Waals surface area contributed by atoms with Crippen LogP contribution in [0.15, 0.2) is 16.9 Å². The fraction of sp³-hybridized carbons (Fsp3) is 0.412. The zero-order valence-corrected chi connectivity index (χ0v) is 13.6. The van der Waals surface area contributed by atoms with E-state index in [4.69, 9.17) is 4.74 Å². The molecule has 1 aromatic heterocycles. The van der Waals surface area contributed by atoms with Crippen molar-refractivity contribution in [1.82, 2.24) is 9.55 Å². The summed E-state index contributed by atoms with van der Waals surface area (Å²) in [5.74, 6) is 0.755. The van der Waals surface area contributed by atoms with Crippen molar-refractivity contribution in [2.75, 3.05) is 7.11 Å². The maximum absolute atomic E-state index is 12.5. The summed E-state index contributed by atoms with van der Waals surface area (Å²) in [7, 11) is 3.42. The first kappa shape index (κ1) is 15.3. The summed E-state index contributed by atoms with van der Waals surface area (Å²) in [6, 6.07) is 3.94. The van der Waals surface area contributed by atoms with Gasteiger partial charge in [0.1, 0.15) is 11.4 Å². The molecule has 4 heteroatoms. The number of aromatic nitrogens is 2. The molecule has 0 amide bonds. The van der Waals surface area contributed by atoms with Crippen LogP contribution in [0.5, 0.6) is 5.75 Å². The number of methoxy groups -OCH3 is 1. The van der Waals surface area contributed by atoms with Gasteiger partial charge >= 0.3 is 0 Å². The van der Waals surface area contributed by atoms with Crippen LogP contribution < -0.4 is 10.3 Å². The summed E-state index contributed by atoms with van der Waals surface area (Å²) < 4.78 is 7.22. The van der Waals surface area contributed by atoms with Crippen LogP contribution in [0.4, 0.5) is 0 Å². The third kappa shape index (κ3) is 2.46. The van der Waals surface area contributed by atoms with Crippen LogP contribution in [0.2, 0.25) is 0 Å². The maximum Gasteiger partial charge on any atom is 0.277 e. The van der Waals surface area contributed by atoms with Gasteiger partial charge in [0.05, 0.1) is 12.8 Å². The van der Waals surface area contributed by atoms with Crippen LogP contribution in [0.25, 0.3) is 11.3 Å². The first-order valence-corrected chi connectivity index (χ1v) is 7.13. The van der Waals surface area contributed by atoms with Crippen molar-refractivity contribution in [1.29, 1.82) is 0 Å². The van der Waals surface area contributed by atoms with Gasteiger partial charge in [-0.3, -0.25) is 4.79 Å². The minimum absolute atomic E-state index is 0.0951. The lowest BCUT2D eigenvalue weighted by Gasteiger charge is -2.16. The second-order valence-electron chi connectivity index (χ2n) is 5.29. The van der Waals surface area contributed by atoms with E-state index in [1.54, 1.807) is 18.7 Å². The molecular weight excluding hydrogens is 264 g/mol. The third-order valence-corrected chi connectivity index (χ3v) is 4.12. The summed E-state index contributed by atoms with van der Waals surface area (Å²) >= 11 is 0. The molecule has 0 aliphatic rings. The normalized spacial score (nSPS) is 10.8. The highest BCUT2D eigenvalue weighted by molar-refractivity contribution is 5.70. The molecule has 0 aliphatic heterocycles. The van der Waals surface area contributed by atoms with Crippen molar-refractivity contribution >= 4 is 0 Å². The summed E-state index contributed by atoms with van der Waals surface area (Å²) in [5, 5.41) is 0. The molecule has 0 radical (unpaired) electrons. The molecule has 0 fully saturated rings. The van der Waals surface area contributed by atoms with Gasteiger partial charge in [-0.25, -0.2) is 4.98 Å². The summed E-state index contributed by atoms with van der Waals surface area (Å²) in [5.41, 5.74) is 5.15. The SMILES string of the molecule is CCc1c(C)ccc(-c2nc(C)c(C)n(C)c2=O)c1OC. The Bertz CT molecular complexity index is 745. The van der Waals surface area contributed by atoms with Crippen molar-refractivity contribution in [2.24, 2.45) is 7.05 Å². The van der Waals surface area contributed by atoms with Gasteiger partial charge in [-0.05, 0) is 44.4 Å². The van der Waals surface area contributed by atoms with Gasteiger partial charge in [0, 0.05) is 18.3 Å². The Labute approximate surface area is 125 Å². The number of hydrogen-bond donors (Lipinski definition) is 0. The number of rotatable bonds is 3. The number of aryl methyl sites for hydroxylation is 2. The van der Waals surface area contributed by atoms with Crippen LogP contribution in [-0.4, -0.2) is 16.7 Å². The fourth-order valence-electron chi connectivity index (χ4n) is 2.61. The average molecular weight is 286 g/mol. The van der Waals surface area contributed by atoms with E-state index in [2.05, 4.69) is 18.8 Å². The highest BCUT2D eigenvalue weighted by Gasteiger charge is 2.18. The molecule has 2 rings (SSSR count). The minimum atomic E-state index is -0.0951. The van der Waals surface area contributed by atoms with E-state index < -0.39 is 0 Å². The van der Waals surface area contributed by atoms with Crippen molar-refractivity contribution < 1.29 is 4.74 Å². The minimum Gasteiger partial charge on any atom is -0.496 e. The molecule has 21 heavy (non-hydrogen) atoms. The smallest absolute Gasteiger partial charge is 0.277 e. The van der Waals surface area contributed by atoms with Crippen LogP contribution in [0.3, 0.4) is 0 Å². The second kappa shape index (κ2) is 5.72. The molecule has 0 spiro atoms. The molecule has 0 saturated carbocycles. The maximum atomic E-state index is 12.5. The Morgan fingerprint density at radius 1 is 1.24 bits per heavy atom. The van der Waals surface area contributed by atoms with E-state index in [1.165, 1.54) is 5.56 Å². The summed E-state index contributed by atoms with van der Waals surface area (Å²) in [6.45, 7) is 7.95. The molecule has 0 unspecified atom stereocenters. The number of ether oxygens (including phenoxy) is 1. The van der Waals surface area contributed by atoms with E-state index in [0.717, 1.165) is 34.7 Å². The molecule has 0 bridgehead atoms. The van der Waals surface area contributed by atoms with Crippen LogP contribution in [0, 0.1) is 20.8 Å². The van der Waals surface area contributed by atoms with Crippen molar-refractivity contribution in [3.8, 4) is 17.0 Å². The van der Waals surface area contributed by atoms with Gasteiger partial charge in [-0.1, -0.05) is 13.0 Å². The first-order valence-electron chi connectivity index (χ1n) is 7.13. The number of hydrogen-bond acceptors (Lipinski definition) is 3. The molecule has 112 valence electrons. The van der Waals surface area contributed by atoms with Gasteiger partial charge in [0.25, 0.3) is 5.56 Å². The summed E-state index contributed by atoms with van der Waals surface area (Å²) in [6.07, 6.45) is 0.855. The van der Waals surface area contributed by atoms with E-state index in [0.29, 0.717) is 5.69 Å². The van der Waals surface area contributed by atoms with E-state index in [9.17, 15) is 4.79 Å². The zero-order chi connectivity index (χ0) is 15.7. The quantitative estimate of drug-likeness (QED) is 0.871. The largest absolute Gasteiger partial charge is 0.496 e. The van der Waals surface area contributed by atoms with Crippen LogP contribution in [-0.2, 0) is 13.5 Å². The Morgan fingerprint density at radius 2 is 1.90 bits per heavy atom. The molecule has 4 nitrogen and oxygen atoms in total. The molecule has 0 atom stereocenters. The number of nitrogens with zero attached hydrogens (tertiary/aromatic N) is 2. The Balaban J connectivity index is 2.83. The van der Waals surface area contributed by atoms with E-state index >= 15 is 0 Å². The first-order chi connectivity index (χ1) is 9.92. The molecule has 0 N–H and O–H groups in total. The third-order valence-electron chi connectivity index (χ3n) is 4.12. The summed E-state index contributed by atoms with van der Waals surface area (Å²) in [4.78, 5) is 17.0. The number of benzene rings is 1. The van der Waals surface area contributed by atoms with Crippen molar-refractivity contribution in [3.05, 3.63) is 45.0 Å². The molecule has 0 saturated heterocycles. The molecule has 2 aromatic rings. The highest BCUT2D eigenvalue weighted by Crippen LogP contribution is 2.33. The molecule has 1 heterocycles. The lowest BCUT2D eigenvalue weighted by molar-refractivity contribution is 0.411. The lowest BCUT2D eigenvalue weighted by atomic mass is 9.99. The van der Waals surface area contributed by atoms with Gasteiger partial charge < -0.3 is 9.30 Å². The van der Waals surface area contributed by atoms with Crippen molar-refractivity contribution in [2.45, 2.75) is 34.1 Å². The predicted molar refractivity (Wildman–Crippen MR) is 85.1 cm³/mol. The predicted octanol–water partition coefficient (Wildman–Crippen LogP) is 2.94. The molecule has 1 aromatic carbocycles. The highest BCUT2D eigenvalue weighted by atomic mass is 16.5. The fourth-order valence-corrected chi connectivity index (χ4v) is 2.61. The van der Waals surface area contributed by atoms with Crippen LogP contribution in [0.1, 0.15) is 29.4 Å². The van der Waals surface area contributed by atoms with E-state index in [1.807, 2.05) is 26.0 Å². The van der Waals surface area contributed by atoms with Gasteiger partial charge in [0.15, 0.2) is 0 Å². The van der Waals surface area contributed by atoms with Gasteiger partial charge in [-0.15, -0.1) is 0 Å².